The number of thiazole rings is 1. The number of aliphatic hydroxyl groups is 1. The Labute approximate surface area is 109 Å². The standard InChI is InChI=1S/C9H14N2O5S2/c1-9(2,4-12)3-11-18(15,16)8-6(7(13)14)10-5-17-8/h5,11-12H,3-4H2,1-2H3,(H,13,14). The molecule has 1 aromatic heterocycles. The molecule has 0 unspecified atom stereocenters. The number of carbonyl (C=O) groups is 1. The zero-order valence-corrected chi connectivity index (χ0v) is 11.5. The van der Waals surface area contributed by atoms with Gasteiger partial charge in [0, 0.05) is 18.6 Å². The van der Waals surface area contributed by atoms with E-state index in [0.29, 0.717) is 0 Å². The lowest BCUT2D eigenvalue weighted by Crippen LogP contribution is -2.36. The maximum Gasteiger partial charge on any atom is 0.356 e. The number of aromatic nitrogens is 1. The first-order valence-electron chi connectivity index (χ1n) is 4.97. The highest BCUT2D eigenvalue weighted by Crippen LogP contribution is 2.21. The van der Waals surface area contributed by atoms with Crippen molar-refractivity contribution in [2.45, 2.75) is 18.1 Å². The van der Waals surface area contributed by atoms with Gasteiger partial charge in [-0.2, -0.15) is 0 Å². The molecule has 1 aromatic rings. The van der Waals surface area contributed by atoms with Gasteiger partial charge in [0.2, 0.25) is 0 Å². The first kappa shape index (κ1) is 15.0. The lowest BCUT2D eigenvalue weighted by molar-refractivity contribution is 0.0687. The minimum atomic E-state index is -3.92. The molecule has 0 amide bonds. The van der Waals surface area contributed by atoms with Crippen LogP contribution in [0.4, 0.5) is 0 Å². The molecular formula is C9H14N2O5S2. The predicted molar refractivity (Wildman–Crippen MR) is 65.1 cm³/mol. The minimum absolute atomic E-state index is 0.00277. The first-order chi connectivity index (χ1) is 8.19. The average molecular weight is 294 g/mol. The lowest BCUT2D eigenvalue weighted by Gasteiger charge is -2.21. The lowest BCUT2D eigenvalue weighted by atomic mass is 9.96. The number of carboxylic acid groups (broad SMARTS) is 1. The van der Waals surface area contributed by atoms with Crippen molar-refractivity contribution < 1.29 is 23.4 Å². The van der Waals surface area contributed by atoms with E-state index in [-0.39, 0.29) is 17.4 Å². The summed E-state index contributed by atoms with van der Waals surface area (Å²) in [5.41, 5.74) is 0.0467. The summed E-state index contributed by atoms with van der Waals surface area (Å²) < 4.78 is 25.7. The van der Waals surface area contributed by atoms with Gasteiger partial charge in [0.25, 0.3) is 10.0 Å². The molecule has 0 spiro atoms. The number of hydrogen-bond acceptors (Lipinski definition) is 6. The summed E-state index contributed by atoms with van der Waals surface area (Å²) in [5.74, 6) is -1.39. The number of carboxylic acids is 1. The third-order valence-electron chi connectivity index (χ3n) is 2.15. The van der Waals surface area contributed by atoms with Crippen LogP contribution in [0.3, 0.4) is 0 Å². The van der Waals surface area contributed by atoms with Crippen molar-refractivity contribution in [1.82, 2.24) is 9.71 Å². The van der Waals surface area contributed by atoms with Crippen LogP contribution in [0.15, 0.2) is 9.72 Å². The summed E-state index contributed by atoms with van der Waals surface area (Å²) in [7, 11) is -3.92. The van der Waals surface area contributed by atoms with E-state index in [1.165, 1.54) is 0 Å². The second-order valence-electron chi connectivity index (χ2n) is 4.44. The Morgan fingerprint density at radius 1 is 1.56 bits per heavy atom. The van der Waals surface area contributed by atoms with E-state index in [1.54, 1.807) is 13.8 Å². The van der Waals surface area contributed by atoms with Crippen molar-refractivity contribution in [2.24, 2.45) is 5.41 Å². The largest absolute Gasteiger partial charge is 0.476 e. The average Bonchev–Trinajstić information content (AvgIpc) is 2.76. The normalized spacial score (nSPS) is 12.6. The highest BCUT2D eigenvalue weighted by atomic mass is 32.2. The van der Waals surface area contributed by atoms with Crippen molar-refractivity contribution in [3.05, 3.63) is 11.2 Å². The van der Waals surface area contributed by atoms with Gasteiger partial charge in [-0.3, -0.25) is 0 Å². The topological polar surface area (TPSA) is 117 Å². The Balaban J connectivity index is 2.94. The van der Waals surface area contributed by atoms with Gasteiger partial charge in [0.05, 0.1) is 5.51 Å². The number of aromatic carboxylic acids is 1. The molecule has 0 saturated heterocycles. The van der Waals surface area contributed by atoms with E-state index >= 15 is 0 Å². The molecule has 0 saturated carbocycles. The highest BCUT2D eigenvalue weighted by Gasteiger charge is 2.27. The molecule has 1 rings (SSSR count). The fourth-order valence-corrected chi connectivity index (χ4v) is 3.40. The third kappa shape index (κ3) is 3.48. The highest BCUT2D eigenvalue weighted by molar-refractivity contribution is 7.91. The van der Waals surface area contributed by atoms with Gasteiger partial charge >= 0.3 is 5.97 Å². The smallest absolute Gasteiger partial charge is 0.356 e. The molecule has 3 N–H and O–H groups in total. The monoisotopic (exact) mass is 294 g/mol. The van der Waals surface area contributed by atoms with Gasteiger partial charge in [-0.25, -0.2) is 22.9 Å². The van der Waals surface area contributed by atoms with Crippen LogP contribution in [0.25, 0.3) is 0 Å². The summed E-state index contributed by atoms with van der Waals surface area (Å²) >= 11 is 0.738. The molecular weight excluding hydrogens is 280 g/mol. The van der Waals surface area contributed by atoms with E-state index < -0.39 is 27.1 Å². The van der Waals surface area contributed by atoms with Crippen molar-refractivity contribution in [2.75, 3.05) is 13.2 Å². The molecule has 0 radical (unpaired) electrons. The Morgan fingerprint density at radius 3 is 2.67 bits per heavy atom. The van der Waals surface area contributed by atoms with Crippen LogP contribution in [0.5, 0.6) is 0 Å². The maximum atomic E-state index is 11.9. The predicted octanol–water partition coefficient (Wildman–Crippen LogP) is 0.138. The minimum Gasteiger partial charge on any atom is -0.476 e. The Kier molecular flexibility index (Phi) is 4.43. The number of rotatable bonds is 6. The summed E-state index contributed by atoms with van der Waals surface area (Å²) in [6, 6.07) is 0. The molecule has 0 aliphatic heterocycles. The first-order valence-corrected chi connectivity index (χ1v) is 7.33. The Morgan fingerprint density at radius 2 is 2.17 bits per heavy atom. The second kappa shape index (κ2) is 5.31. The molecule has 0 atom stereocenters. The van der Waals surface area contributed by atoms with Gasteiger partial charge in [-0.15, -0.1) is 11.3 Å². The van der Waals surface area contributed by atoms with Crippen LogP contribution >= 0.6 is 11.3 Å². The number of hydrogen-bond donors (Lipinski definition) is 3. The van der Waals surface area contributed by atoms with E-state index in [1.807, 2.05) is 0 Å². The van der Waals surface area contributed by atoms with Crippen molar-refractivity contribution in [3.63, 3.8) is 0 Å². The molecule has 102 valence electrons. The number of aliphatic hydroxyl groups excluding tert-OH is 1. The summed E-state index contributed by atoms with van der Waals surface area (Å²) in [6.07, 6.45) is 0. The van der Waals surface area contributed by atoms with Crippen LogP contribution in [-0.4, -0.2) is 42.7 Å². The van der Waals surface area contributed by atoms with Gasteiger partial charge in [0.15, 0.2) is 9.90 Å². The van der Waals surface area contributed by atoms with Gasteiger partial charge in [-0.1, -0.05) is 13.8 Å². The van der Waals surface area contributed by atoms with Crippen LogP contribution in [0.1, 0.15) is 24.3 Å². The number of nitrogens with one attached hydrogen (secondary N) is 1. The van der Waals surface area contributed by atoms with Gasteiger partial charge in [-0.05, 0) is 0 Å². The SMILES string of the molecule is CC(C)(CO)CNS(=O)(=O)c1scnc1C(=O)O. The molecule has 9 heteroatoms. The Hall–Kier alpha value is -1.03. The van der Waals surface area contributed by atoms with Crippen LogP contribution < -0.4 is 4.72 Å². The summed E-state index contributed by atoms with van der Waals surface area (Å²) in [6.45, 7) is 3.17. The molecule has 0 fully saturated rings. The summed E-state index contributed by atoms with van der Waals surface area (Å²) in [4.78, 5) is 14.3. The van der Waals surface area contributed by atoms with Crippen molar-refractivity contribution >= 4 is 27.3 Å². The zero-order chi connectivity index (χ0) is 14.0. The summed E-state index contributed by atoms with van der Waals surface area (Å²) in [5, 5.41) is 17.8. The maximum absolute atomic E-state index is 11.9. The van der Waals surface area contributed by atoms with Crippen molar-refractivity contribution in [1.29, 1.82) is 0 Å². The van der Waals surface area contributed by atoms with Gasteiger partial charge in [0.1, 0.15) is 0 Å². The van der Waals surface area contributed by atoms with Crippen LogP contribution in [-0.2, 0) is 10.0 Å². The van der Waals surface area contributed by atoms with Gasteiger partial charge < -0.3 is 10.2 Å². The van der Waals surface area contributed by atoms with Crippen molar-refractivity contribution in [3.8, 4) is 0 Å². The zero-order valence-electron chi connectivity index (χ0n) is 9.87. The molecule has 0 aliphatic rings. The third-order valence-corrected chi connectivity index (χ3v) is 4.92. The molecule has 18 heavy (non-hydrogen) atoms. The Bertz CT molecular complexity index is 535. The van der Waals surface area contributed by atoms with Crippen LogP contribution in [0.2, 0.25) is 0 Å². The number of sulfonamides is 1. The molecule has 0 bridgehead atoms. The van der Waals surface area contributed by atoms with E-state index in [4.69, 9.17) is 10.2 Å². The molecule has 0 aliphatic carbocycles. The fourth-order valence-electron chi connectivity index (χ4n) is 0.980. The number of nitrogens with zero attached hydrogens (tertiary/aromatic N) is 1. The molecule has 7 nitrogen and oxygen atoms in total. The molecule has 1 heterocycles. The second-order valence-corrected chi connectivity index (χ2v) is 7.26. The molecule has 0 aromatic carbocycles. The van der Waals surface area contributed by atoms with E-state index in [2.05, 4.69) is 9.71 Å². The quantitative estimate of drug-likeness (QED) is 0.687. The fraction of sp³-hybridized carbons (Fsp3) is 0.556. The van der Waals surface area contributed by atoms with E-state index in [0.717, 1.165) is 16.8 Å². The van der Waals surface area contributed by atoms with E-state index in [9.17, 15) is 13.2 Å². The van der Waals surface area contributed by atoms with Crippen LogP contribution in [0, 0.1) is 5.41 Å².